The molecule has 0 heterocycles. The van der Waals surface area contributed by atoms with Crippen LogP contribution in [0.1, 0.15) is 20.8 Å². The Labute approximate surface area is 91.7 Å². The van der Waals surface area contributed by atoms with Crippen molar-refractivity contribution in [3.63, 3.8) is 0 Å². The van der Waals surface area contributed by atoms with E-state index in [-0.39, 0.29) is 19.0 Å². The van der Waals surface area contributed by atoms with Gasteiger partial charge in [-0.1, -0.05) is 12.8 Å². The van der Waals surface area contributed by atoms with Crippen LogP contribution in [0.4, 0.5) is 0 Å². The van der Waals surface area contributed by atoms with Gasteiger partial charge in [0, 0.05) is 6.54 Å². The van der Waals surface area contributed by atoms with Crippen LogP contribution in [0.3, 0.4) is 0 Å². The topological polar surface area (TPSA) is 52.6 Å². The van der Waals surface area contributed by atoms with Gasteiger partial charge in [-0.25, -0.2) is 0 Å². The molecule has 0 saturated carbocycles. The van der Waals surface area contributed by atoms with Gasteiger partial charge in [0.25, 0.3) is 0 Å². The van der Waals surface area contributed by atoms with Crippen LogP contribution in [0.25, 0.3) is 0 Å². The maximum atomic E-state index is 11.3. The molecule has 4 nitrogen and oxygen atoms in total. The van der Waals surface area contributed by atoms with Crippen LogP contribution in [-0.4, -0.2) is 47.7 Å². The van der Waals surface area contributed by atoms with E-state index >= 15 is 0 Å². The third-order valence-corrected chi connectivity index (χ3v) is 1.81. The molecule has 0 radical (unpaired) electrons. The quantitative estimate of drug-likeness (QED) is 0.601. The Morgan fingerprint density at radius 3 is 2.60 bits per heavy atom. The molecular weight excluding hydrogens is 192 g/mol. The van der Waals surface area contributed by atoms with Crippen LogP contribution >= 0.6 is 0 Å². The third-order valence-electron chi connectivity index (χ3n) is 1.81. The summed E-state index contributed by atoms with van der Waals surface area (Å²) in [4.78, 5) is 13.2. The van der Waals surface area contributed by atoms with Gasteiger partial charge in [-0.2, -0.15) is 0 Å². The maximum absolute atomic E-state index is 11.3. The van der Waals surface area contributed by atoms with Gasteiger partial charge >= 0.3 is 0 Å². The third kappa shape index (κ3) is 7.98. The second kappa shape index (κ2) is 6.44. The zero-order chi connectivity index (χ0) is 11.9. The van der Waals surface area contributed by atoms with Crippen molar-refractivity contribution >= 4 is 5.91 Å². The van der Waals surface area contributed by atoms with Crippen molar-refractivity contribution in [2.45, 2.75) is 26.4 Å². The van der Waals surface area contributed by atoms with Gasteiger partial charge in [-0.3, -0.25) is 9.69 Å². The zero-order valence-corrected chi connectivity index (χ0v) is 9.71. The van der Waals surface area contributed by atoms with Crippen LogP contribution in [0.15, 0.2) is 0 Å². The Bertz CT molecular complexity index is 238. The minimum atomic E-state index is -0.789. The number of nitrogens with zero attached hydrogens (tertiary/aromatic N) is 1. The minimum Gasteiger partial charge on any atom is -0.389 e. The molecule has 0 fully saturated rings. The lowest BCUT2D eigenvalue weighted by Crippen LogP contribution is -2.44. The highest BCUT2D eigenvalue weighted by Gasteiger charge is 2.18. The van der Waals surface area contributed by atoms with Crippen LogP contribution in [0.2, 0.25) is 0 Å². The molecule has 0 rings (SSSR count). The van der Waals surface area contributed by atoms with E-state index in [1.807, 2.05) is 11.8 Å². The van der Waals surface area contributed by atoms with E-state index < -0.39 is 5.60 Å². The van der Waals surface area contributed by atoms with E-state index in [2.05, 4.69) is 11.2 Å². The second-order valence-electron chi connectivity index (χ2n) is 4.10. The molecule has 86 valence electrons. The minimum absolute atomic E-state index is 0.112. The fourth-order valence-electron chi connectivity index (χ4n) is 1.24. The summed E-state index contributed by atoms with van der Waals surface area (Å²) in [6.45, 7) is 7.08. The highest BCUT2D eigenvalue weighted by Crippen LogP contribution is 2.03. The van der Waals surface area contributed by atoms with E-state index in [0.717, 1.165) is 0 Å². The molecule has 4 heteroatoms. The van der Waals surface area contributed by atoms with Crippen LogP contribution in [0, 0.1) is 12.3 Å². The number of amides is 1. The summed E-state index contributed by atoms with van der Waals surface area (Å²) in [5.41, 5.74) is -0.789. The van der Waals surface area contributed by atoms with Gasteiger partial charge < -0.3 is 10.4 Å². The summed E-state index contributed by atoms with van der Waals surface area (Å²) in [5.74, 6) is 2.23. The van der Waals surface area contributed by atoms with Crippen molar-refractivity contribution in [1.82, 2.24) is 10.2 Å². The molecular formula is C11H20N2O2. The molecule has 0 aliphatic carbocycles. The highest BCUT2D eigenvalue weighted by molar-refractivity contribution is 5.78. The molecule has 0 saturated heterocycles. The zero-order valence-electron chi connectivity index (χ0n) is 9.71. The van der Waals surface area contributed by atoms with E-state index in [9.17, 15) is 9.90 Å². The van der Waals surface area contributed by atoms with Crippen molar-refractivity contribution in [2.24, 2.45) is 0 Å². The van der Waals surface area contributed by atoms with Gasteiger partial charge in [0.05, 0.1) is 18.7 Å². The van der Waals surface area contributed by atoms with E-state index in [4.69, 9.17) is 6.42 Å². The van der Waals surface area contributed by atoms with Crippen LogP contribution in [-0.2, 0) is 4.79 Å². The van der Waals surface area contributed by atoms with Crippen molar-refractivity contribution < 1.29 is 9.90 Å². The first-order valence-electron chi connectivity index (χ1n) is 5.04. The monoisotopic (exact) mass is 212 g/mol. The number of nitrogens with one attached hydrogen (secondary N) is 1. The molecule has 0 aromatic heterocycles. The Morgan fingerprint density at radius 2 is 2.20 bits per heavy atom. The lowest BCUT2D eigenvalue weighted by atomic mass is 10.1. The largest absolute Gasteiger partial charge is 0.389 e. The molecule has 0 spiro atoms. The molecule has 0 aliphatic heterocycles. The van der Waals surface area contributed by atoms with Gasteiger partial charge in [0.2, 0.25) is 5.91 Å². The Kier molecular flexibility index (Phi) is 5.99. The first-order chi connectivity index (χ1) is 6.89. The molecule has 0 aromatic rings. The fraction of sp³-hybridized carbons (Fsp3) is 0.727. The molecule has 0 atom stereocenters. The van der Waals surface area contributed by atoms with Crippen molar-refractivity contribution in [1.29, 1.82) is 0 Å². The van der Waals surface area contributed by atoms with Gasteiger partial charge in [0.15, 0.2) is 0 Å². The van der Waals surface area contributed by atoms with E-state index in [1.165, 1.54) is 0 Å². The summed E-state index contributed by atoms with van der Waals surface area (Å²) >= 11 is 0. The van der Waals surface area contributed by atoms with Crippen molar-refractivity contribution in [2.75, 3.05) is 26.2 Å². The summed E-state index contributed by atoms with van der Waals surface area (Å²) < 4.78 is 0. The highest BCUT2D eigenvalue weighted by atomic mass is 16.3. The lowest BCUT2D eigenvalue weighted by Gasteiger charge is -2.27. The predicted octanol–water partition coefficient (Wildman–Crippen LogP) is -0.171. The first-order valence-corrected chi connectivity index (χ1v) is 5.04. The summed E-state index contributed by atoms with van der Waals surface area (Å²) in [5, 5.41) is 12.2. The number of hydrogen-bond donors (Lipinski definition) is 2. The number of carbonyl (C=O) groups excluding carboxylic acids is 1. The standard InChI is InChI=1S/C11H20N2O2/c1-5-7-12-10(14)8-13(6-2)9-11(3,4)15/h1,15H,6-9H2,2-4H3,(H,12,14). The fourth-order valence-corrected chi connectivity index (χ4v) is 1.24. The van der Waals surface area contributed by atoms with Gasteiger partial charge in [-0.05, 0) is 20.4 Å². The number of aliphatic hydroxyl groups is 1. The van der Waals surface area contributed by atoms with Crippen LogP contribution in [0.5, 0.6) is 0 Å². The SMILES string of the molecule is C#CCNC(=O)CN(CC)CC(C)(C)O. The van der Waals surface area contributed by atoms with E-state index in [1.54, 1.807) is 13.8 Å². The van der Waals surface area contributed by atoms with Crippen molar-refractivity contribution in [3.05, 3.63) is 0 Å². The number of terminal acetylenes is 1. The van der Waals surface area contributed by atoms with Crippen molar-refractivity contribution in [3.8, 4) is 12.3 Å². The average molecular weight is 212 g/mol. The smallest absolute Gasteiger partial charge is 0.234 e. The predicted molar refractivity (Wildman–Crippen MR) is 60.3 cm³/mol. The second-order valence-corrected chi connectivity index (χ2v) is 4.10. The average Bonchev–Trinajstić information content (AvgIpc) is 2.11. The molecule has 0 aromatic carbocycles. The molecule has 2 N–H and O–H groups in total. The summed E-state index contributed by atoms with van der Waals surface area (Å²) in [7, 11) is 0. The maximum Gasteiger partial charge on any atom is 0.234 e. The molecule has 0 unspecified atom stereocenters. The van der Waals surface area contributed by atoms with Crippen LogP contribution < -0.4 is 5.32 Å². The normalized spacial score (nSPS) is 11.2. The molecule has 0 aliphatic rings. The molecule has 15 heavy (non-hydrogen) atoms. The first kappa shape index (κ1) is 13.9. The Hall–Kier alpha value is -1.05. The number of rotatable bonds is 6. The Morgan fingerprint density at radius 1 is 1.60 bits per heavy atom. The Balaban J connectivity index is 4.00. The summed E-state index contributed by atoms with van der Waals surface area (Å²) in [6, 6.07) is 0. The van der Waals surface area contributed by atoms with E-state index in [0.29, 0.717) is 13.1 Å². The number of carbonyl (C=O) groups is 1. The molecule has 1 amide bonds. The number of likely N-dealkylation sites (N-methyl/N-ethyl adjacent to an activating group) is 1. The summed E-state index contributed by atoms with van der Waals surface area (Å²) in [6.07, 6.45) is 5.02. The van der Waals surface area contributed by atoms with Gasteiger partial charge in [-0.15, -0.1) is 6.42 Å². The molecule has 0 bridgehead atoms. The van der Waals surface area contributed by atoms with Gasteiger partial charge in [0.1, 0.15) is 0 Å². The number of hydrogen-bond acceptors (Lipinski definition) is 3. The lowest BCUT2D eigenvalue weighted by molar-refractivity contribution is -0.122.